The molecule has 0 radical (unpaired) electrons. The van der Waals surface area contributed by atoms with Gasteiger partial charge in [-0.15, -0.1) is 0 Å². The molecule has 0 aromatic carbocycles. The molecule has 1 heterocycles. The van der Waals surface area contributed by atoms with E-state index in [2.05, 4.69) is 0 Å². The van der Waals surface area contributed by atoms with E-state index in [-0.39, 0.29) is 12.4 Å². The normalized spacial score (nSPS) is 18.8. The van der Waals surface area contributed by atoms with Crippen molar-refractivity contribution in [2.75, 3.05) is 20.3 Å². The first kappa shape index (κ1) is 10.2. The number of Topliss-reactive ketones (excluding diaryl/α,β-unsaturated/α-hetero) is 1. The predicted octanol–water partition coefficient (Wildman–Crippen LogP) is 0.223. The van der Waals surface area contributed by atoms with Gasteiger partial charge >= 0.3 is 0 Å². The van der Waals surface area contributed by atoms with Gasteiger partial charge in [0.2, 0.25) is 0 Å². The van der Waals surface area contributed by atoms with Gasteiger partial charge in [0.1, 0.15) is 0 Å². The Bertz CT molecular complexity index is 213. The van der Waals surface area contributed by atoms with Gasteiger partial charge in [0, 0.05) is 12.7 Å². The maximum absolute atomic E-state index is 11.5. The van der Waals surface area contributed by atoms with Crippen LogP contribution in [0.3, 0.4) is 0 Å². The van der Waals surface area contributed by atoms with E-state index in [1.165, 1.54) is 13.4 Å². The summed E-state index contributed by atoms with van der Waals surface area (Å²) in [5.74, 6) is -0.0680. The molecule has 0 spiro atoms. The Morgan fingerprint density at radius 3 is 3.15 bits per heavy atom. The summed E-state index contributed by atoms with van der Waals surface area (Å²) < 4.78 is 9.85. The second kappa shape index (κ2) is 4.99. The molecule has 1 aliphatic rings. The minimum absolute atomic E-state index is 0.0680. The van der Waals surface area contributed by atoms with Crippen molar-refractivity contribution in [2.24, 2.45) is 5.73 Å². The highest BCUT2D eigenvalue weighted by Gasteiger charge is 2.19. The van der Waals surface area contributed by atoms with Gasteiger partial charge in [-0.1, -0.05) is 0 Å². The van der Waals surface area contributed by atoms with Gasteiger partial charge in [-0.3, -0.25) is 4.79 Å². The molecule has 1 rings (SSSR count). The molecule has 0 bridgehead atoms. The molecule has 1 aliphatic heterocycles. The van der Waals surface area contributed by atoms with Gasteiger partial charge in [0.05, 0.1) is 25.5 Å². The number of hydrogen-bond acceptors (Lipinski definition) is 4. The summed E-state index contributed by atoms with van der Waals surface area (Å²) in [6.45, 7) is 0.951. The Morgan fingerprint density at radius 2 is 2.62 bits per heavy atom. The Balaban J connectivity index is 2.50. The monoisotopic (exact) mass is 185 g/mol. The zero-order valence-electron chi connectivity index (χ0n) is 7.79. The highest BCUT2D eigenvalue weighted by atomic mass is 16.5. The lowest BCUT2D eigenvalue weighted by Gasteiger charge is -2.15. The highest BCUT2D eigenvalue weighted by Crippen LogP contribution is 2.13. The third-order valence-corrected chi connectivity index (χ3v) is 1.93. The summed E-state index contributed by atoms with van der Waals surface area (Å²) >= 11 is 0. The summed E-state index contributed by atoms with van der Waals surface area (Å²) in [6, 6.07) is -0.557. The minimum Gasteiger partial charge on any atom is -0.501 e. The molecule has 1 unspecified atom stereocenters. The average molecular weight is 185 g/mol. The summed E-state index contributed by atoms with van der Waals surface area (Å²) in [5.41, 5.74) is 6.26. The third kappa shape index (κ3) is 2.82. The first-order valence-electron chi connectivity index (χ1n) is 4.35. The van der Waals surface area contributed by atoms with Crippen LogP contribution in [-0.2, 0) is 14.3 Å². The summed E-state index contributed by atoms with van der Waals surface area (Å²) in [5, 5.41) is 0. The van der Waals surface area contributed by atoms with E-state index in [0.717, 1.165) is 12.8 Å². The zero-order chi connectivity index (χ0) is 9.68. The molecule has 1 atom stereocenters. The molecule has 0 aromatic rings. The first-order valence-corrected chi connectivity index (χ1v) is 4.35. The van der Waals surface area contributed by atoms with Crippen LogP contribution in [0.1, 0.15) is 12.8 Å². The molecule has 4 nitrogen and oxygen atoms in total. The summed E-state index contributed by atoms with van der Waals surface area (Å²) in [6.07, 6.45) is 3.16. The molecule has 0 saturated heterocycles. The van der Waals surface area contributed by atoms with Crippen molar-refractivity contribution >= 4 is 5.78 Å². The van der Waals surface area contributed by atoms with Crippen LogP contribution in [0, 0.1) is 0 Å². The van der Waals surface area contributed by atoms with E-state index < -0.39 is 6.04 Å². The fraction of sp³-hybridized carbons (Fsp3) is 0.667. The van der Waals surface area contributed by atoms with Crippen molar-refractivity contribution in [3.05, 3.63) is 11.8 Å². The number of carbonyl (C=O) groups is 1. The van der Waals surface area contributed by atoms with Gasteiger partial charge in [0.25, 0.3) is 0 Å². The van der Waals surface area contributed by atoms with Crippen LogP contribution in [-0.4, -0.2) is 32.1 Å². The lowest BCUT2D eigenvalue weighted by atomic mass is 10.0. The van der Waals surface area contributed by atoms with E-state index in [1.54, 1.807) is 0 Å². The number of rotatable bonds is 4. The quantitative estimate of drug-likeness (QED) is 0.680. The molecule has 0 amide bonds. The van der Waals surface area contributed by atoms with Gasteiger partial charge in [-0.25, -0.2) is 0 Å². The van der Waals surface area contributed by atoms with Crippen LogP contribution in [0.5, 0.6) is 0 Å². The molecule has 74 valence electrons. The van der Waals surface area contributed by atoms with E-state index in [4.69, 9.17) is 15.2 Å². The van der Waals surface area contributed by atoms with Gasteiger partial charge in [-0.2, -0.15) is 0 Å². The summed E-state index contributed by atoms with van der Waals surface area (Å²) in [7, 11) is 1.53. The van der Waals surface area contributed by atoms with Crippen molar-refractivity contribution < 1.29 is 14.3 Å². The van der Waals surface area contributed by atoms with E-state index >= 15 is 0 Å². The number of nitrogens with two attached hydrogens (primary N) is 1. The highest BCUT2D eigenvalue weighted by molar-refractivity contribution is 5.99. The van der Waals surface area contributed by atoms with Crippen LogP contribution in [0.4, 0.5) is 0 Å². The largest absolute Gasteiger partial charge is 0.501 e. The Labute approximate surface area is 77.7 Å². The molecular weight excluding hydrogens is 170 g/mol. The SMILES string of the molecule is COCC(N)C(=O)C1=COCCC1. The smallest absolute Gasteiger partial charge is 0.180 e. The number of carbonyl (C=O) groups excluding carboxylic acids is 1. The van der Waals surface area contributed by atoms with Crippen LogP contribution in [0.25, 0.3) is 0 Å². The van der Waals surface area contributed by atoms with Crippen molar-refractivity contribution in [1.82, 2.24) is 0 Å². The van der Waals surface area contributed by atoms with Gasteiger partial charge in [-0.05, 0) is 12.8 Å². The molecule has 0 fully saturated rings. The van der Waals surface area contributed by atoms with Crippen LogP contribution in [0.15, 0.2) is 11.8 Å². The average Bonchev–Trinajstić information content (AvgIpc) is 2.18. The first-order chi connectivity index (χ1) is 6.25. The van der Waals surface area contributed by atoms with Crippen molar-refractivity contribution in [2.45, 2.75) is 18.9 Å². The standard InChI is InChI=1S/C9H15NO3/c1-12-6-8(10)9(11)7-3-2-4-13-5-7/h5,8H,2-4,6,10H2,1H3. The van der Waals surface area contributed by atoms with E-state index in [9.17, 15) is 4.79 Å². The van der Waals surface area contributed by atoms with Crippen molar-refractivity contribution in [3.8, 4) is 0 Å². The predicted molar refractivity (Wildman–Crippen MR) is 48.1 cm³/mol. The Kier molecular flexibility index (Phi) is 3.92. The van der Waals surface area contributed by atoms with Crippen molar-refractivity contribution in [3.63, 3.8) is 0 Å². The fourth-order valence-corrected chi connectivity index (χ4v) is 1.24. The Hall–Kier alpha value is -0.870. The van der Waals surface area contributed by atoms with Crippen molar-refractivity contribution in [1.29, 1.82) is 0 Å². The topological polar surface area (TPSA) is 61.5 Å². The number of ether oxygens (including phenoxy) is 2. The molecule has 0 aromatic heterocycles. The third-order valence-electron chi connectivity index (χ3n) is 1.93. The maximum Gasteiger partial charge on any atom is 0.180 e. The van der Waals surface area contributed by atoms with Gasteiger partial charge in [0.15, 0.2) is 5.78 Å². The fourth-order valence-electron chi connectivity index (χ4n) is 1.24. The lowest BCUT2D eigenvalue weighted by Crippen LogP contribution is -2.36. The Morgan fingerprint density at radius 1 is 1.85 bits per heavy atom. The number of hydrogen-bond donors (Lipinski definition) is 1. The zero-order valence-corrected chi connectivity index (χ0v) is 7.79. The molecular formula is C9H15NO3. The summed E-state index contributed by atoms with van der Waals surface area (Å²) in [4.78, 5) is 11.5. The molecule has 0 saturated carbocycles. The second-order valence-corrected chi connectivity index (χ2v) is 3.04. The van der Waals surface area contributed by atoms with Crippen LogP contribution in [0.2, 0.25) is 0 Å². The van der Waals surface area contributed by atoms with Gasteiger partial charge < -0.3 is 15.2 Å². The molecule has 2 N–H and O–H groups in total. The van der Waals surface area contributed by atoms with Crippen LogP contribution >= 0.6 is 0 Å². The molecule has 13 heavy (non-hydrogen) atoms. The van der Waals surface area contributed by atoms with E-state index in [1.807, 2.05) is 0 Å². The minimum atomic E-state index is -0.557. The maximum atomic E-state index is 11.5. The van der Waals surface area contributed by atoms with E-state index in [0.29, 0.717) is 12.2 Å². The number of ketones is 1. The second-order valence-electron chi connectivity index (χ2n) is 3.04. The number of methoxy groups -OCH3 is 1. The molecule has 4 heteroatoms. The molecule has 0 aliphatic carbocycles. The lowest BCUT2D eigenvalue weighted by molar-refractivity contribution is -0.118. The van der Waals surface area contributed by atoms with Crippen LogP contribution < -0.4 is 5.73 Å².